The summed E-state index contributed by atoms with van der Waals surface area (Å²) in [5, 5.41) is 4.23. The molecule has 1 aromatic rings. The molecule has 0 aromatic carbocycles. The van der Waals surface area contributed by atoms with E-state index < -0.39 is 0 Å². The number of hydrogen-bond acceptors (Lipinski definition) is 4. The summed E-state index contributed by atoms with van der Waals surface area (Å²) in [5.41, 5.74) is 6.21. The Morgan fingerprint density at radius 1 is 1.53 bits per heavy atom. The van der Waals surface area contributed by atoms with Gasteiger partial charge < -0.3 is 10.5 Å². The first-order chi connectivity index (χ1) is 9.29. The highest BCUT2D eigenvalue weighted by Gasteiger charge is 2.16. The van der Waals surface area contributed by atoms with Crippen LogP contribution in [0.5, 0.6) is 0 Å². The zero-order valence-electron chi connectivity index (χ0n) is 11.9. The molecule has 1 aromatic heterocycles. The zero-order chi connectivity index (χ0) is 13.5. The molecule has 108 valence electrons. The molecule has 0 saturated carbocycles. The SMILES string of the molecule is CCCn1ncnc1CC(N)CCC1CCCCO1. The Hall–Kier alpha value is -0.940. The van der Waals surface area contributed by atoms with Crippen LogP contribution in [0.4, 0.5) is 0 Å². The first-order valence-corrected chi connectivity index (χ1v) is 7.53. The van der Waals surface area contributed by atoms with E-state index in [0.29, 0.717) is 6.10 Å². The number of nitrogens with two attached hydrogens (primary N) is 1. The smallest absolute Gasteiger partial charge is 0.138 e. The maximum absolute atomic E-state index is 6.21. The predicted octanol–water partition coefficient (Wildman–Crippen LogP) is 1.91. The zero-order valence-corrected chi connectivity index (χ0v) is 11.9. The predicted molar refractivity (Wildman–Crippen MR) is 74.8 cm³/mol. The van der Waals surface area contributed by atoms with E-state index in [9.17, 15) is 0 Å². The highest BCUT2D eigenvalue weighted by molar-refractivity contribution is 4.89. The fourth-order valence-corrected chi connectivity index (χ4v) is 2.62. The van der Waals surface area contributed by atoms with Crippen molar-refractivity contribution in [3.8, 4) is 0 Å². The maximum atomic E-state index is 6.21. The van der Waals surface area contributed by atoms with Crippen LogP contribution in [0.25, 0.3) is 0 Å². The summed E-state index contributed by atoms with van der Waals surface area (Å²) >= 11 is 0. The molecule has 0 bridgehead atoms. The molecule has 19 heavy (non-hydrogen) atoms. The van der Waals surface area contributed by atoms with Gasteiger partial charge in [-0.3, -0.25) is 4.68 Å². The molecular formula is C14H26N4O. The van der Waals surface area contributed by atoms with Gasteiger partial charge in [0, 0.05) is 25.6 Å². The average Bonchev–Trinajstić information content (AvgIpc) is 2.85. The third-order valence-electron chi connectivity index (χ3n) is 3.71. The molecule has 1 fully saturated rings. The lowest BCUT2D eigenvalue weighted by molar-refractivity contribution is 0.00912. The fourth-order valence-electron chi connectivity index (χ4n) is 2.62. The van der Waals surface area contributed by atoms with Gasteiger partial charge in [-0.05, 0) is 38.5 Å². The number of rotatable bonds is 7. The summed E-state index contributed by atoms with van der Waals surface area (Å²) < 4.78 is 7.71. The highest BCUT2D eigenvalue weighted by Crippen LogP contribution is 2.18. The van der Waals surface area contributed by atoms with Gasteiger partial charge in [-0.15, -0.1) is 0 Å². The topological polar surface area (TPSA) is 66.0 Å². The van der Waals surface area contributed by atoms with Crippen molar-refractivity contribution in [3.05, 3.63) is 12.2 Å². The van der Waals surface area contributed by atoms with Crippen LogP contribution < -0.4 is 5.73 Å². The van der Waals surface area contributed by atoms with Gasteiger partial charge in [0.1, 0.15) is 12.2 Å². The number of hydrogen-bond donors (Lipinski definition) is 1. The van der Waals surface area contributed by atoms with Crippen molar-refractivity contribution in [1.82, 2.24) is 14.8 Å². The molecule has 2 atom stereocenters. The van der Waals surface area contributed by atoms with Crippen LogP contribution in [0, 0.1) is 0 Å². The van der Waals surface area contributed by atoms with Crippen LogP contribution in [0.15, 0.2) is 6.33 Å². The first kappa shape index (κ1) is 14.5. The Morgan fingerprint density at radius 2 is 2.42 bits per heavy atom. The Morgan fingerprint density at radius 3 is 3.16 bits per heavy atom. The van der Waals surface area contributed by atoms with E-state index in [0.717, 1.165) is 44.7 Å². The van der Waals surface area contributed by atoms with Crippen molar-refractivity contribution in [1.29, 1.82) is 0 Å². The van der Waals surface area contributed by atoms with E-state index in [1.54, 1.807) is 6.33 Å². The van der Waals surface area contributed by atoms with E-state index in [1.165, 1.54) is 19.3 Å². The van der Waals surface area contributed by atoms with E-state index in [2.05, 4.69) is 17.0 Å². The lowest BCUT2D eigenvalue weighted by Crippen LogP contribution is -2.28. The van der Waals surface area contributed by atoms with Crippen LogP contribution in [0.3, 0.4) is 0 Å². The van der Waals surface area contributed by atoms with Crippen molar-refractivity contribution in [2.75, 3.05) is 6.61 Å². The summed E-state index contributed by atoms with van der Waals surface area (Å²) in [6, 6.07) is 0.158. The van der Waals surface area contributed by atoms with Gasteiger partial charge in [0.25, 0.3) is 0 Å². The molecule has 0 amide bonds. The lowest BCUT2D eigenvalue weighted by Gasteiger charge is -2.23. The minimum Gasteiger partial charge on any atom is -0.378 e. The molecule has 5 heteroatoms. The van der Waals surface area contributed by atoms with Gasteiger partial charge in [-0.2, -0.15) is 5.10 Å². The molecule has 2 unspecified atom stereocenters. The minimum absolute atomic E-state index is 0.158. The van der Waals surface area contributed by atoms with E-state index >= 15 is 0 Å². The van der Waals surface area contributed by atoms with Crippen LogP contribution in [0.2, 0.25) is 0 Å². The molecule has 0 spiro atoms. The van der Waals surface area contributed by atoms with E-state index in [1.807, 2.05) is 4.68 Å². The van der Waals surface area contributed by atoms with Gasteiger partial charge in [0.15, 0.2) is 0 Å². The van der Waals surface area contributed by atoms with Gasteiger partial charge in [0.2, 0.25) is 0 Å². The second kappa shape index (κ2) is 7.60. The van der Waals surface area contributed by atoms with Crippen LogP contribution in [0.1, 0.15) is 51.3 Å². The number of ether oxygens (including phenoxy) is 1. The Balaban J connectivity index is 1.73. The molecule has 1 saturated heterocycles. The molecule has 0 aliphatic carbocycles. The second-order valence-corrected chi connectivity index (χ2v) is 5.43. The summed E-state index contributed by atoms with van der Waals surface area (Å²) in [6.07, 6.45) is 9.71. The van der Waals surface area contributed by atoms with Crippen molar-refractivity contribution >= 4 is 0 Å². The summed E-state index contributed by atoms with van der Waals surface area (Å²) in [5.74, 6) is 1.01. The van der Waals surface area contributed by atoms with Crippen molar-refractivity contribution < 1.29 is 4.74 Å². The number of nitrogens with zero attached hydrogens (tertiary/aromatic N) is 3. The highest BCUT2D eigenvalue weighted by atomic mass is 16.5. The lowest BCUT2D eigenvalue weighted by atomic mass is 10.0. The summed E-state index contributed by atoms with van der Waals surface area (Å²) in [7, 11) is 0. The van der Waals surface area contributed by atoms with Crippen molar-refractivity contribution in [2.45, 2.75) is 70.6 Å². The first-order valence-electron chi connectivity index (χ1n) is 7.53. The van der Waals surface area contributed by atoms with Crippen molar-refractivity contribution in [3.63, 3.8) is 0 Å². The number of aromatic nitrogens is 3. The van der Waals surface area contributed by atoms with Crippen molar-refractivity contribution in [2.24, 2.45) is 5.73 Å². The standard InChI is InChI=1S/C14H26N4O/c1-2-8-18-14(16-11-17-18)10-12(15)6-7-13-5-3-4-9-19-13/h11-13H,2-10,15H2,1H3. The summed E-state index contributed by atoms with van der Waals surface area (Å²) in [4.78, 5) is 4.31. The average molecular weight is 266 g/mol. The van der Waals surface area contributed by atoms with E-state index in [-0.39, 0.29) is 6.04 Å². The van der Waals surface area contributed by atoms with E-state index in [4.69, 9.17) is 10.5 Å². The third kappa shape index (κ3) is 4.58. The molecule has 1 aliphatic heterocycles. The Kier molecular flexibility index (Phi) is 5.79. The molecule has 2 heterocycles. The van der Waals surface area contributed by atoms with Crippen LogP contribution >= 0.6 is 0 Å². The fraction of sp³-hybridized carbons (Fsp3) is 0.857. The molecular weight excluding hydrogens is 240 g/mol. The molecule has 1 aliphatic rings. The Labute approximate surface area is 115 Å². The van der Waals surface area contributed by atoms with Gasteiger partial charge >= 0.3 is 0 Å². The quantitative estimate of drug-likeness (QED) is 0.818. The maximum Gasteiger partial charge on any atom is 0.138 e. The molecule has 2 rings (SSSR count). The molecule has 5 nitrogen and oxygen atoms in total. The molecule has 0 radical (unpaired) electrons. The van der Waals surface area contributed by atoms with Gasteiger partial charge in [-0.1, -0.05) is 6.92 Å². The molecule has 2 N–H and O–H groups in total. The monoisotopic (exact) mass is 266 g/mol. The number of aryl methyl sites for hydroxylation is 1. The van der Waals surface area contributed by atoms with Gasteiger partial charge in [0.05, 0.1) is 6.10 Å². The minimum atomic E-state index is 0.158. The van der Waals surface area contributed by atoms with Crippen LogP contribution in [-0.2, 0) is 17.7 Å². The summed E-state index contributed by atoms with van der Waals surface area (Å²) in [6.45, 7) is 3.99. The van der Waals surface area contributed by atoms with Gasteiger partial charge in [-0.25, -0.2) is 4.98 Å². The normalized spacial score (nSPS) is 21.5. The largest absolute Gasteiger partial charge is 0.378 e. The Bertz CT molecular complexity index is 360. The van der Waals surface area contributed by atoms with Crippen LogP contribution in [-0.4, -0.2) is 33.5 Å². The second-order valence-electron chi connectivity index (χ2n) is 5.43. The third-order valence-corrected chi connectivity index (χ3v) is 3.71.